The van der Waals surface area contributed by atoms with Crippen LogP contribution in [0.4, 0.5) is 0 Å². The number of methoxy groups -OCH3 is 2. The van der Waals surface area contributed by atoms with Crippen molar-refractivity contribution in [2.45, 2.75) is 46.0 Å². The number of nitrogens with one attached hydrogen (secondary N) is 1. The summed E-state index contributed by atoms with van der Waals surface area (Å²) >= 11 is 0. The fourth-order valence-electron chi connectivity index (χ4n) is 3.14. The number of carbonyl (C=O) groups excluding carboxylic acids is 1. The van der Waals surface area contributed by atoms with Crippen molar-refractivity contribution >= 4 is 5.91 Å². The highest BCUT2D eigenvalue weighted by Gasteiger charge is 2.18. The predicted octanol–water partition coefficient (Wildman–Crippen LogP) is 3.84. The van der Waals surface area contributed by atoms with E-state index >= 15 is 0 Å². The van der Waals surface area contributed by atoms with Gasteiger partial charge in [0.2, 0.25) is 0 Å². The molecule has 2 aromatic rings. The van der Waals surface area contributed by atoms with Gasteiger partial charge >= 0.3 is 5.63 Å². The Balaban J connectivity index is 2.07. The Hall–Kier alpha value is -2.76. The number of ether oxygens (including phenoxy) is 2. The lowest BCUT2D eigenvalue weighted by molar-refractivity contribution is 0.0949. The van der Waals surface area contributed by atoms with Gasteiger partial charge in [-0.3, -0.25) is 4.79 Å². The Labute approximate surface area is 165 Å². The Morgan fingerprint density at radius 2 is 1.79 bits per heavy atom. The number of rotatable bonds is 9. The monoisotopic (exact) mass is 387 g/mol. The molecule has 1 heterocycles. The number of hydrogen-bond donors (Lipinski definition) is 1. The molecule has 0 saturated carbocycles. The van der Waals surface area contributed by atoms with E-state index in [0.29, 0.717) is 35.8 Å². The van der Waals surface area contributed by atoms with Crippen LogP contribution in [0.3, 0.4) is 0 Å². The van der Waals surface area contributed by atoms with Gasteiger partial charge in [-0.1, -0.05) is 20.3 Å². The summed E-state index contributed by atoms with van der Waals surface area (Å²) in [6, 6.07) is 7.36. The standard InChI is InChI=1S/C22H29NO5/c1-6-7-14(2)19-10-15(3)20(22(25)28-19)21(24)23-9-8-16-11-17(26-4)13-18(12-16)27-5/h10-14H,6-9H2,1-5H3,(H,23,24). The van der Waals surface area contributed by atoms with E-state index in [-0.39, 0.29) is 11.5 Å². The van der Waals surface area contributed by atoms with Crippen molar-refractivity contribution in [1.82, 2.24) is 5.32 Å². The normalized spacial score (nSPS) is 11.8. The van der Waals surface area contributed by atoms with Gasteiger partial charge in [-0.15, -0.1) is 0 Å². The minimum absolute atomic E-state index is 0.0654. The van der Waals surface area contributed by atoms with Gasteiger partial charge in [-0.05, 0) is 49.1 Å². The van der Waals surface area contributed by atoms with Crippen LogP contribution in [-0.4, -0.2) is 26.7 Å². The lowest BCUT2D eigenvalue weighted by Gasteiger charge is -2.12. The van der Waals surface area contributed by atoms with Gasteiger partial charge in [0.05, 0.1) is 14.2 Å². The topological polar surface area (TPSA) is 77.8 Å². The molecule has 0 radical (unpaired) electrons. The van der Waals surface area contributed by atoms with E-state index in [4.69, 9.17) is 13.9 Å². The fraction of sp³-hybridized carbons (Fsp3) is 0.455. The summed E-state index contributed by atoms with van der Waals surface area (Å²) in [7, 11) is 3.18. The molecular formula is C22H29NO5. The maximum Gasteiger partial charge on any atom is 0.349 e. The molecule has 28 heavy (non-hydrogen) atoms. The highest BCUT2D eigenvalue weighted by Crippen LogP contribution is 2.23. The Bertz CT molecular complexity index is 849. The lowest BCUT2D eigenvalue weighted by atomic mass is 10.0. The van der Waals surface area contributed by atoms with Crippen molar-refractivity contribution in [2.75, 3.05) is 20.8 Å². The average molecular weight is 387 g/mol. The molecule has 0 bridgehead atoms. The molecule has 0 saturated heterocycles. The Morgan fingerprint density at radius 1 is 1.14 bits per heavy atom. The molecule has 0 aliphatic carbocycles. The first-order valence-electron chi connectivity index (χ1n) is 9.54. The molecule has 1 N–H and O–H groups in total. The number of aryl methyl sites for hydroxylation is 1. The zero-order valence-corrected chi connectivity index (χ0v) is 17.3. The summed E-state index contributed by atoms with van der Waals surface area (Å²) in [5, 5.41) is 2.80. The highest BCUT2D eigenvalue weighted by molar-refractivity contribution is 5.95. The van der Waals surface area contributed by atoms with Crippen molar-refractivity contribution in [3.05, 3.63) is 57.1 Å². The minimum Gasteiger partial charge on any atom is -0.497 e. The van der Waals surface area contributed by atoms with Gasteiger partial charge in [-0.25, -0.2) is 4.79 Å². The molecule has 1 aromatic heterocycles. The summed E-state index contributed by atoms with van der Waals surface area (Å²) < 4.78 is 15.9. The maximum atomic E-state index is 12.5. The molecule has 152 valence electrons. The number of carbonyl (C=O) groups is 1. The third-order valence-corrected chi connectivity index (χ3v) is 4.71. The molecule has 1 atom stereocenters. The second-order valence-electron chi connectivity index (χ2n) is 6.91. The van der Waals surface area contributed by atoms with Gasteiger partial charge in [0.25, 0.3) is 5.91 Å². The van der Waals surface area contributed by atoms with Crippen LogP contribution in [0.5, 0.6) is 11.5 Å². The zero-order valence-electron chi connectivity index (χ0n) is 17.3. The molecular weight excluding hydrogens is 358 g/mol. The first kappa shape index (κ1) is 21.5. The first-order valence-corrected chi connectivity index (χ1v) is 9.54. The van der Waals surface area contributed by atoms with E-state index in [9.17, 15) is 9.59 Å². The molecule has 1 unspecified atom stereocenters. The molecule has 6 nitrogen and oxygen atoms in total. The van der Waals surface area contributed by atoms with E-state index in [1.807, 2.05) is 19.1 Å². The lowest BCUT2D eigenvalue weighted by Crippen LogP contribution is -2.31. The summed E-state index contributed by atoms with van der Waals surface area (Å²) in [4.78, 5) is 24.9. The number of benzene rings is 1. The van der Waals surface area contributed by atoms with Crippen molar-refractivity contribution in [3.8, 4) is 11.5 Å². The van der Waals surface area contributed by atoms with Gasteiger partial charge in [0.15, 0.2) is 0 Å². The van der Waals surface area contributed by atoms with Crippen LogP contribution >= 0.6 is 0 Å². The molecule has 0 spiro atoms. The van der Waals surface area contributed by atoms with Gasteiger partial charge < -0.3 is 19.2 Å². The molecule has 1 amide bonds. The van der Waals surface area contributed by atoms with Crippen LogP contribution < -0.4 is 20.4 Å². The van der Waals surface area contributed by atoms with Crippen molar-refractivity contribution < 1.29 is 18.7 Å². The smallest absolute Gasteiger partial charge is 0.349 e. The van der Waals surface area contributed by atoms with E-state index in [1.165, 1.54) is 0 Å². The van der Waals surface area contributed by atoms with Crippen molar-refractivity contribution in [3.63, 3.8) is 0 Å². The van der Waals surface area contributed by atoms with Gasteiger partial charge in [-0.2, -0.15) is 0 Å². The summed E-state index contributed by atoms with van der Waals surface area (Å²) in [5.41, 5.74) is 1.08. The van der Waals surface area contributed by atoms with E-state index in [1.54, 1.807) is 33.3 Å². The van der Waals surface area contributed by atoms with Crippen LogP contribution in [0.1, 0.15) is 59.9 Å². The highest BCUT2D eigenvalue weighted by atomic mass is 16.5. The molecule has 0 fully saturated rings. The summed E-state index contributed by atoms with van der Waals surface area (Å²) in [5.74, 6) is 1.74. The molecule has 6 heteroatoms. The van der Waals surface area contributed by atoms with Crippen molar-refractivity contribution in [2.24, 2.45) is 0 Å². The third-order valence-electron chi connectivity index (χ3n) is 4.71. The second-order valence-corrected chi connectivity index (χ2v) is 6.91. The minimum atomic E-state index is -0.585. The van der Waals surface area contributed by atoms with E-state index in [0.717, 1.165) is 18.4 Å². The summed E-state index contributed by atoms with van der Waals surface area (Å²) in [6.07, 6.45) is 2.51. The molecule has 1 aromatic carbocycles. The summed E-state index contributed by atoms with van der Waals surface area (Å²) in [6.45, 7) is 6.24. The molecule has 0 aliphatic heterocycles. The van der Waals surface area contributed by atoms with Crippen molar-refractivity contribution in [1.29, 1.82) is 0 Å². The second kappa shape index (κ2) is 9.97. The number of hydrogen-bond acceptors (Lipinski definition) is 5. The first-order chi connectivity index (χ1) is 13.4. The van der Waals surface area contributed by atoms with Crippen LogP contribution in [-0.2, 0) is 6.42 Å². The SMILES string of the molecule is CCCC(C)c1cc(C)c(C(=O)NCCc2cc(OC)cc(OC)c2)c(=O)o1. The Morgan fingerprint density at radius 3 is 2.32 bits per heavy atom. The van der Waals surface area contributed by atoms with E-state index < -0.39 is 11.5 Å². The van der Waals surface area contributed by atoms with Crippen LogP contribution in [0.2, 0.25) is 0 Å². The van der Waals surface area contributed by atoms with Crippen LogP contribution in [0.25, 0.3) is 0 Å². The zero-order chi connectivity index (χ0) is 20.7. The molecule has 0 aliphatic rings. The van der Waals surface area contributed by atoms with E-state index in [2.05, 4.69) is 12.2 Å². The third kappa shape index (κ3) is 5.38. The van der Waals surface area contributed by atoms with Crippen LogP contribution in [0, 0.1) is 6.92 Å². The van der Waals surface area contributed by atoms with Gasteiger partial charge in [0.1, 0.15) is 22.8 Å². The largest absolute Gasteiger partial charge is 0.497 e. The number of amides is 1. The Kier molecular flexibility index (Phi) is 7.67. The quantitative estimate of drug-likeness (QED) is 0.707. The van der Waals surface area contributed by atoms with Gasteiger partial charge in [0, 0.05) is 18.5 Å². The molecule has 2 rings (SSSR count). The predicted molar refractivity (Wildman–Crippen MR) is 109 cm³/mol. The average Bonchev–Trinajstić information content (AvgIpc) is 2.67. The van der Waals surface area contributed by atoms with Crippen LogP contribution in [0.15, 0.2) is 33.5 Å². The maximum absolute atomic E-state index is 12.5. The fourth-order valence-corrected chi connectivity index (χ4v) is 3.14.